The van der Waals surface area contributed by atoms with Crippen LogP contribution >= 0.6 is 0 Å². The predicted molar refractivity (Wildman–Crippen MR) is 229 cm³/mol. The van der Waals surface area contributed by atoms with Gasteiger partial charge in [-0.25, -0.2) is 0 Å². The van der Waals surface area contributed by atoms with Crippen LogP contribution in [0.5, 0.6) is 0 Å². The van der Waals surface area contributed by atoms with Gasteiger partial charge < -0.3 is 53.5 Å². The number of benzene rings is 2. The minimum Gasteiger partial charge on any atom is -0.393 e. The summed E-state index contributed by atoms with van der Waals surface area (Å²) in [5, 5.41) is 11.9. The molecule has 59 heavy (non-hydrogen) atoms. The molecule has 0 aromatic heterocycles. The third kappa shape index (κ3) is 15.2. The summed E-state index contributed by atoms with van der Waals surface area (Å²) in [5.41, 5.74) is 22.0. The van der Waals surface area contributed by atoms with Crippen LogP contribution in [0.25, 0.3) is 0 Å². The van der Waals surface area contributed by atoms with Gasteiger partial charge in [0.15, 0.2) is 11.9 Å². The molecule has 17 heteroatoms. The van der Waals surface area contributed by atoms with Crippen LogP contribution in [-0.4, -0.2) is 81.9 Å². The Morgan fingerprint density at radius 1 is 0.576 bits per heavy atom. The molecule has 2 aromatic carbocycles. The first-order valence-corrected chi connectivity index (χ1v) is 21.0. The molecule has 2 fully saturated rings. The van der Waals surface area contributed by atoms with Crippen LogP contribution < -0.4 is 44.2 Å². The van der Waals surface area contributed by atoms with Crippen LogP contribution in [0.15, 0.2) is 70.6 Å². The second kappa shape index (κ2) is 24.7. The first-order chi connectivity index (χ1) is 28.5. The third-order valence-corrected chi connectivity index (χ3v) is 11.1. The van der Waals surface area contributed by atoms with Gasteiger partial charge in [0.25, 0.3) is 0 Å². The van der Waals surface area contributed by atoms with Gasteiger partial charge in [-0.3, -0.25) is 29.2 Å². The van der Waals surface area contributed by atoms with Crippen LogP contribution in [0.4, 0.5) is 0 Å². The molecule has 2 aliphatic carbocycles. The highest BCUT2D eigenvalue weighted by molar-refractivity contribution is 6.18. The van der Waals surface area contributed by atoms with Crippen molar-refractivity contribution in [3.05, 3.63) is 71.8 Å². The van der Waals surface area contributed by atoms with Crippen LogP contribution in [0.2, 0.25) is 0 Å². The molecule has 2 atom stereocenters. The maximum Gasteiger partial charge on any atom is 0.491 e. The zero-order valence-corrected chi connectivity index (χ0v) is 34.3. The lowest BCUT2D eigenvalue weighted by atomic mass is 9.83. The van der Waals surface area contributed by atoms with Gasteiger partial charge in [0.1, 0.15) is 23.3 Å². The topological polar surface area (TPSA) is 264 Å². The molecule has 2 aromatic rings. The van der Waals surface area contributed by atoms with Crippen molar-refractivity contribution in [3.63, 3.8) is 0 Å². The van der Waals surface area contributed by atoms with E-state index in [1.165, 1.54) is 11.1 Å². The molecule has 0 bridgehead atoms. The average Bonchev–Trinajstić information content (AvgIpc) is 3.94. The van der Waals surface area contributed by atoms with Gasteiger partial charge in [-0.15, -0.1) is 0 Å². The lowest BCUT2D eigenvalue weighted by Crippen LogP contribution is -2.54. The minimum absolute atomic E-state index is 0.0598. The van der Waals surface area contributed by atoms with Gasteiger partial charge in [0, 0.05) is 26.2 Å². The van der Waals surface area contributed by atoms with E-state index in [1.54, 1.807) is 0 Å². The summed E-state index contributed by atoms with van der Waals surface area (Å²) in [6.45, 7) is 1.45. The summed E-state index contributed by atoms with van der Waals surface area (Å²) in [6.07, 6.45) is 7.32. The van der Waals surface area contributed by atoms with E-state index >= 15 is 0 Å². The fraction of sp³-hybridized carbons (Fsp3) is 0.571. The van der Waals surface area contributed by atoms with Gasteiger partial charge in [0.05, 0.1) is 0 Å². The molecule has 2 saturated carbocycles. The first kappa shape index (κ1) is 46.5. The molecule has 321 valence electrons. The SMILES string of the molecule is NC(N)=NCCCC(NC(=O)C1(C(=O)NCCCc2ccccc2)CCCC1)O[B]OC(CCCN=C(N)N)NC(=O)C1(C(=O)NCCCc2ccccc2)CCCC1. The highest BCUT2D eigenvalue weighted by Crippen LogP contribution is 2.40. The lowest BCUT2D eigenvalue weighted by molar-refractivity contribution is -0.146. The Morgan fingerprint density at radius 2 is 0.949 bits per heavy atom. The Labute approximate surface area is 349 Å². The summed E-state index contributed by atoms with van der Waals surface area (Å²) < 4.78 is 12.0. The lowest BCUT2D eigenvalue weighted by Gasteiger charge is -2.31. The van der Waals surface area contributed by atoms with Gasteiger partial charge in [-0.1, -0.05) is 86.3 Å². The summed E-state index contributed by atoms with van der Waals surface area (Å²) >= 11 is 0. The zero-order chi connectivity index (χ0) is 42.4. The second-order valence-corrected chi connectivity index (χ2v) is 15.5. The number of nitrogens with two attached hydrogens (primary N) is 4. The number of nitrogens with one attached hydrogen (secondary N) is 4. The molecule has 0 aliphatic heterocycles. The molecule has 0 spiro atoms. The summed E-state index contributed by atoms with van der Waals surface area (Å²) in [6, 6.07) is 20.1. The average molecular weight is 816 g/mol. The van der Waals surface area contributed by atoms with Crippen molar-refractivity contribution < 1.29 is 28.5 Å². The largest absolute Gasteiger partial charge is 0.491 e. The van der Waals surface area contributed by atoms with Gasteiger partial charge in [-0.05, 0) is 88.2 Å². The fourth-order valence-corrected chi connectivity index (χ4v) is 7.74. The maximum absolute atomic E-state index is 14.0. The predicted octanol–water partition coefficient (Wildman–Crippen LogP) is 2.16. The van der Waals surface area contributed by atoms with Crippen molar-refractivity contribution in [3.8, 4) is 0 Å². The number of carbonyl (C=O) groups is 4. The molecule has 12 N–H and O–H groups in total. The summed E-state index contributed by atoms with van der Waals surface area (Å²) in [7, 11) is 1.08. The van der Waals surface area contributed by atoms with E-state index in [1.807, 2.05) is 60.7 Å². The third-order valence-electron chi connectivity index (χ3n) is 11.1. The van der Waals surface area contributed by atoms with E-state index in [0.29, 0.717) is 51.6 Å². The standard InChI is InChI=1S/C42H64BN10O6/c44-39(45)50-29-13-21-33(52-37(56)41(23-7-8-24-41)35(54)48-27-11-19-31-15-3-1-4-16-31)58-43-59-34(22-14-30-51-40(46)47)53-38(57)42(25-9-10-26-42)36(55)49-28-12-20-32-17-5-2-6-18-32/h1-6,15-18,33-34H,7-14,19-30H2,(H,48,54)(H,49,55)(H,52,56)(H,53,57)(H4,44,45,50)(H4,46,47,51). The molecule has 1 radical (unpaired) electrons. The number of hydrogen-bond acceptors (Lipinski definition) is 8. The van der Waals surface area contributed by atoms with E-state index < -0.39 is 35.1 Å². The van der Waals surface area contributed by atoms with Gasteiger partial charge in [0.2, 0.25) is 23.6 Å². The van der Waals surface area contributed by atoms with Gasteiger partial charge in [-0.2, -0.15) is 0 Å². The van der Waals surface area contributed by atoms with Crippen molar-refractivity contribution in [2.45, 2.75) is 115 Å². The number of rotatable bonds is 26. The fourth-order valence-electron chi connectivity index (χ4n) is 7.74. The Kier molecular flexibility index (Phi) is 19.5. The molecular formula is C42H64BN10O6. The maximum atomic E-state index is 14.0. The van der Waals surface area contributed by atoms with E-state index in [2.05, 4.69) is 31.3 Å². The van der Waals surface area contributed by atoms with Crippen molar-refractivity contribution in [1.82, 2.24) is 21.3 Å². The number of aryl methyl sites for hydroxylation is 2. The highest BCUT2D eigenvalue weighted by Gasteiger charge is 2.49. The van der Waals surface area contributed by atoms with E-state index in [-0.39, 0.29) is 49.7 Å². The van der Waals surface area contributed by atoms with Gasteiger partial charge >= 0.3 is 7.69 Å². The molecule has 2 unspecified atom stereocenters. The summed E-state index contributed by atoms with van der Waals surface area (Å²) in [4.78, 5) is 63.4. The Hall–Kier alpha value is -5.16. The molecule has 0 heterocycles. The van der Waals surface area contributed by atoms with Crippen molar-refractivity contribution in [1.29, 1.82) is 0 Å². The number of aliphatic imine (C=N–C) groups is 2. The quantitative estimate of drug-likeness (QED) is 0.0171. The molecule has 16 nitrogen and oxygen atoms in total. The van der Waals surface area contributed by atoms with Crippen LogP contribution in [0.1, 0.15) is 101 Å². The molecular weight excluding hydrogens is 751 g/mol. The van der Waals surface area contributed by atoms with Crippen LogP contribution in [0, 0.1) is 10.8 Å². The van der Waals surface area contributed by atoms with E-state index in [0.717, 1.165) is 59.1 Å². The number of hydrogen-bond donors (Lipinski definition) is 8. The number of amides is 4. The molecule has 4 rings (SSSR count). The van der Waals surface area contributed by atoms with Crippen LogP contribution in [-0.2, 0) is 41.3 Å². The molecule has 4 amide bonds. The number of nitrogens with zero attached hydrogens (tertiary/aromatic N) is 2. The monoisotopic (exact) mass is 816 g/mol. The highest BCUT2D eigenvalue weighted by atomic mass is 16.6. The van der Waals surface area contributed by atoms with E-state index in [9.17, 15) is 19.2 Å². The Bertz CT molecular complexity index is 1540. The smallest absolute Gasteiger partial charge is 0.393 e. The Morgan fingerprint density at radius 3 is 1.31 bits per heavy atom. The van der Waals surface area contributed by atoms with Crippen molar-refractivity contribution >= 4 is 43.2 Å². The normalized spacial score (nSPS) is 16.2. The number of carbonyl (C=O) groups excluding carboxylic acids is 4. The molecule has 0 saturated heterocycles. The Balaban J connectivity index is 1.38. The van der Waals surface area contributed by atoms with E-state index in [4.69, 9.17) is 32.2 Å². The first-order valence-electron chi connectivity index (χ1n) is 21.0. The van der Waals surface area contributed by atoms with Crippen LogP contribution in [0.3, 0.4) is 0 Å². The zero-order valence-electron chi connectivity index (χ0n) is 34.3. The van der Waals surface area contributed by atoms with Crippen molar-refractivity contribution in [2.24, 2.45) is 43.7 Å². The minimum atomic E-state index is -1.24. The summed E-state index contributed by atoms with van der Waals surface area (Å²) in [5.74, 6) is -1.59. The molecule has 2 aliphatic rings. The van der Waals surface area contributed by atoms with Crippen molar-refractivity contribution in [2.75, 3.05) is 26.2 Å². The number of guanidine groups is 2. The second-order valence-electron chi connectivity index (χ2n) is 15.5.